The molecule has 0 fully saturated rings. The molecule has 1 aliphatic heterocycles. The third kappa shape index (κ3) is 0.875. The van der Waals surface area contributed by atoms with E-state index in [0.29, 0.717) is 13.8 Å². The van der Waals surface area contributed by atoms with Gasteiger partial charge in [0, 0.05) is 0 Å². The first-order valence-electron chi connectivity index (χ1n) is 1.23. The molecule has 0 aromatic rings. The van der Waals surface area contributed by atoms with E-state index < -0.39 is 0 Å². The maximum absolute atomic E-state index is 2.99. The van der Waals surface area contributed by atoms with Crippen molar-refractivity contribution in [2.75, 3.05) is 0 Å². The molecule has 28 valence electrons. The first kappa shape index (κ1) is 3.59. The van der Waals surface area contributed by atoms with Crippen molar-refractivity contribution >= 4 is 24.2 Å². The summed E-state index contributed by atoms with van der Waals surface area (Å²) in [5.74, 6) is 0. The number of nitrogens with one attached hydrogen (secondary N) is 1. The molecular formula is C2H3NSSe. The molecule has 1 rings (SSSR count). The van der Waals surface area contributed by atoms with E-state index in [4.69, 9.17) is 0 Å². The van der Waals surface area contributed by atoms with Gasteiger partial charge in [0.05, 0.1) is 0 Å². The van der Waals surface area contributed by atoms with Gasteiger partial charge in [0.25, 0.3) is 0 Å². The summed E-state index contributed by atoms with van der Waals surface area (Å²) >= 11 is 0.694. The van der Waals surface area contributed by atoms with Crippen LogP contribution < -0.4 is 4.72 Å². The Morgan fingerprint density at radius 2 is 2.80 bits per heavy atom. The quantitative estimate of drug-likeness (QED) is 0.396. The fraction of sp³-hybridized carbons (Fsp3) is 0. The zero-order valence-corrected chi connectivity index (χ0v) is 5.00. The van der Waals surface area contributed by atoms with Crippen LogP contribution in [0.25, 0.3) is 0 Å². The standard InChI is InChI=1S/C2H3NSSe/c1-2-5-4-3-1/h1-3H. The van der Waals surface area contributed by atoms with Crippen LogP contribution >= 0.6 is 10.4 Å². The van der Waals surface area contributed by atoms with Crippen molar-refractivity contribution < 1.29 is 0 Å². The van der Waals surface area contributed by atoms with Crippen LogP contribution in [0.5, 0.6) is 0 Å². The van der Waals surface area contributed by atoms with Crippen LogP contribution in [0.4, 0.5) is 0 Å². The van der Waals surface area contributed by atoms with E-state index in [1.165, 1.54) is 0 Å². The molecule has 0 radical (unpaired) electrons. The van der Waals surface area contributed by atoms with Crippen molar-refractivity contribution in [1.29, 1.82) is 0 Å². The van der Waals surface area contributed by atoms with Crippen LogP contribution in [0, 0.1) is 0 Å². The second-order valence-corrected chi connectivity index (χ2v) is 4.03. The monoisotopic (exact) mass is 153 g/mol. The van der Waals surface area contributed by atoms with Crippen LogP contribution in [-0.2, 0) is 0 Å². The van der Waals surface area contributed by atoms with Gasteiger partial charge in [-0.15, -0.1) is 0 Å². The van der Waals surface area contributed by atoms with Gasteiger partial charge >= 0.3 is 40.1 Å². The van der Waals surface area contributed by atoms with Gasteiger partial charge in [0.15, 0.2) is 0 Å². The molecular weight excluding hydrogens is 149 g/mol. The van der Waals surface area contributed by atoms with Gasteiger partial charge in [-0.05, 0) is 0 Å². The fourth-order valence-corrected chi connectivity index (χ4v) is 2.17. The van der Waals surface area contributed by atoms with Gasteiger partial charge in [-0.3, -0.25) is 0 Å². The predicted molar refractivity (Wildman–Crippen MR) is 25.6 cm³/mol. The average Bonchev–Trinajstić information content (AvgIpc) is 1.76. The third-order valence-corrected chi connectivity index (χ3v) is 2.92. The molecule has 3 heteroatoms. The molecule has 1 nitrogen and oxygen atoms in total. The van der Waals surface area contributed by atoms with Gasteiger partial charge in [-0.25, -0.2) is 0 Å². The molecule has 0 aromatic carbocycles. The summed E-state index contributed by atoms with van der Waals surface area (Å²) in [6, 6.07) is 0. The second-order valence-electron chi connectivity index (χ2n) is 0.600. The minimum absolute atomic E-state index is 0.694. The van der Waals surface area contributed by atoms with E-state index in [1.807, 2.05) is 6.20 Å². The Balaban J connectivity index is 2.32. The Hall–Kier alpha value is 0.409. The Morgan fingerprint density at radius 3 is 3.00 bits per heavy atom. The number of hydrogen-bond donors (Lipinski definition) is 1. The van der Waals surface area contributed by atoms with E-state index in [0.717, 1.165) is 0 Å². The molecule has 0 unspecified atom stereocenters. The van der Waals surface area contributed by atoms with Crippen molar-refractivity contribution in [1.82, 2.24) is 4.72 Å². The molecule has 0 saturated carbocycles. The summed E-state index contributed by atoms with van der Waals surface area (Å²) in [7, 11) is 1.78. The van der Waals surface area contributed by atoms with Crippen molar-refractivity contribution in [3.8, 4) is 0 Å². The van der Waals surface area contributed by atoms with Crippen molar-refractivity contribution in [3.05, 3.63) is 11.2 Å². The Bertz CT molecular complexity index is 47.6. The Kier molecular flexibility index (Phi) is 1.26. The minimum atomic E-state index is 0.694. The maximum atomic E-state index is 2.99. The summed E-state index contributed by atoms with van der Waals surface area (Å²) in [6.45, 7) is 0. The van der Waals surface area contributed by atoms with E-state index in [-0.39, 0.29) is 0 Å². The first-order valence-corrected chi connectivity index (χ1v) is 5.06. The van der Waals surface area contributed by atoms with Crippen LogP contribution in [0.3, 0.4) is 0 Å². The summed E-state index contributed by atoms with van der Waals surface area (Å²) in [5.41, 5.74) is 0. The fourth-order valence-electron chi connectivity index (χ4n) is 0.139. The van der Waals surface area contributed by atoms with Gasteiger partial charge < -0.3 is 0 Å². The third-order valence-electron chi connectivity index (χ3n) is 0.288. The molecule has 0 bridgehead atoms. The molecule has 0 aliphatic carbocycles. The topological polar surface area (TPSA) is 12.0 Å². The molecule has 1 aliphatic rings. The summed E-state index contributed by atoms with van der Waals surface area (Å²) in [6.07, 6.45) is 1.98. The first-order chi connectivity index (χ1) is 2.50. The molecule has 0 atom stereocenters. The van der Waals surface area contributed by atoms with Crippen LogP contribution in [0.2, 0.25) is 0 Å². The Morgan fingerprint density at radius 1 is 1.80 bits per heavy atom. The number of rotatable bonds is 0. The van der Waals surface area contributed by atoms with Crippen molar-refractivity contribution in [2.24, 2.45) is 0 Å². The summed E-state index contributed by atoms with van der Waals surface area (Å²) in [4.78, 5) is 2.15. The molecule has 0 spiro atoms. The normalized spacial score (nSPS) is 19.2. The molecule has 0 aromatic heterocycles. The van der Waals surface area contributed by atoms with E-state index >= 15 is 0 Å². The zero-order valence-electron chi connectivity index (χ0n) is 2.47. The van der Waals surface area contributed by atoms with Crippen LogP contribution in [-0.4, -0.2) is 13.8 Å². The van der Waals surface area contributed by atoms with Crippen molar-refractivity contribution in [2.45, 2.75) is 0 Å². The molecule has 5 heavy (non-hydrogen) atoms. The molecule has 0 amide bonds. The van der Waals surface area contributed by atoms with E-state index in [9.17, 15) is 0 Å². The van der Waals surface area contributed by atoms with E-state index in [2.05, 4.69) is 9.70 Å². The predicted octanol–water partition coefficient (Wildman–Crippen LogP) is 0.328. The SMILES string of the molecule is C1=C[Se]SN1. The summed E-state index contributed by atoms with van der Waals surface area (Å²) in [5, 5.41) is 0. The average molecular weight is 152 g/mol. The van der Waals surface area contributed by atoms with Crippen molar-refractivity contribution in [3.63, 3.8) is 0 Å². The van der Waals surface area contributed by atoms with Gasteiger partial charge in [0.2, 0.25) is 0 Å². The number of hydrogen-bond acceptors (Lipinski definition) is 2. The van der Waals surface area contributed by atoms with E-state index in [1.54, 1.807) is 10.4 Å². The molecule has 1 heterocycles. The zero-order chi connectivity index (χ0) is 3.54. The van der Waals surface area contributed by atoms with Crippen LogP contribution in [0.15, 0.2) is 11.2 Å². The molecule has 1 N–H and O–H groups in total. The van der Waals surface area contributed by atoms with Crippen LogP contribution in [0.1, 0.15) is 0 Å². The molecule has 0 saturated heterocycles. The second kappa shape index (κ2) is 1.75. The van der Waals surface area contributed by atoms with Gasteiger partial charge in [-0.2, -0.15) is 0 Å². The van der Waals surface area contributed by atoms with Gasteiger partial charge in [-0.1, -0.05) is 0 Å². The summed E-state index contributed by atoms with van der Waals surface area (Å²) < 4.78 is 2.99. The Labute approximate surface area is 40.6 Å². The van der Waals surface area contributed by atoms with Gasteiger partial charge in [0.1, 0.15) is 0 Å².